The van der Waals surface area contributed by atoms with E-state index in [1.165, 1.54) is 26.2 Å². The van der Waals surface area contributed by atoms with Crippen LogP contribution in [0.1, 0.15) is 58.3 Å². The summed E-state index contributed by atoms with van der Waals surface area (Å²) in [6, 6.07) is 0. The summed E-state index contributed by atoms with van der Waals surface area (Å²) in [4.78, 5) is 47.3. The first-order valence-corrected chi connectivity index (χ1v) is 10.2. The van der Waals surface area contributed by atoms with Crippen molar-refractivity contribution in [1.82, 2.24) is 10.6 Å². The van der Waals surface area contributed by atoms with E-state index in [1.807, 2.05) is 5.32 Å². The molecule has 4 fully saturated rings. The SMILES string of the molecule is COC(=O)NC(=O)[C@@H](C)OC(=O)CCCNC(=O)C12CC3CC(CC(C3)C1)C2. The van der Waals surface area contributed by atoms with Gasteiger partial charge >= 0.3 is 12.1 Å². The van der Waals surface area contributed by atoms with Crippen molar-refractivity contribution in [2.24, 2.45) is 23.2 Å². The van der Waals surface area contributed by atoms with Crippen LogP contribution in [-0.4, -0.2) is 43.6 Å². The van der Waals surface area contributed by atoms with Crippen molar-refractivity contribution < 1.29 is 28.7 Å². The molecule has 0 unspecified atom stereocenters. The Morgan fingerprint density at radius 2 is 1.61 bits per heavy atom. The third-order valence-electron chi connectivity index (χ3n) is 6.45. The van der Waals surface area contributed by atoms with Crippen LogP contribution in [0.25, 0.3) is 0 Å². The highest BCUT2D eigenvalue weighted by Crippen LogP contribution is 2.60. The summed E-state index contributed by atoms with van der Waals surface area (Å²) in [7, 11) is 1.14. The van der Waals surface area contributed by atoms with Crippen molar-refractivity contribution in [1.29, 1.82) is 0 Å². The molecule has 0 aliphatic heterocycles. The summed E-state index contributed by atoms with van der Waals surface area (Å²) in [5.74, 6) is 0.997. The van der Waals surface area contributed by atoms with Gasteiger partial charge in [-0.1, -0.05) is 0 Å². The van der Waals surface area contributed by atoms with Crippen molar-refractivity contribution in [2.45, 2.75) is 64.4 Å². The molecule has 0 heterocycles. The second-order valence-electron chi connectivity index (χ2n) is 8.67. The quantitative estimate of drug-likeness (QED) is 0.504. The highest BCUT2D eigenvalue weighted by atomic mass is 16.6. The first-order valence-electron chi connectivity index (χ1n) is 10.2. The number of hydrogen-bond donors (Lipinski definition) is 2. The van der Waals surface area contributed by atoms with Crippen LogP contribution in [0, 0.1) is 23.2 Å². The van der Waals surface area contributed by atoms with Crippen LogP contribution in [0.3, 0.4) is 0 Å². The van der Waals surface area contributed by atoms with E-state index < -0.39 is 24.1 Å². The predicted molar refractivity (Wildman–Crippen MR) is 99.0 cm³/mol. The molecule has 0 aromatic heterocycles. The van der Waals surface area contributed by atoms with Gasteiger partial charge in [0.25, 0.3) is 5.91 Å². The number of rotatable bonds is 7. The normalized spacial score (nSPS) is 31.0. The van der Waals surface area contributed by atoms with E-state index in [2.05, 4.69) is 10.1 Å². The van der Waals surface area contributed by atoms with E-state index in [0.717, 1.165) is 26.4 Å². The maximum Gasteiger partial charge on any atom is 0.413 e. The molecule has 156 valence electrons. The number of imide groups is 1. The summed E-state index contributed by atoms with van der Waals surface area (Å²) >= 11 is 0. The van der Waals surface area contributed by atoms with Gasteiger partial charge in [-0.25, -0.2) is 4.79 Å². The second-order valence-corrected chi connectivity index (χ2v) is 8.67. The molecule has 8 heteroatoms. The zero-order valence-corrected chi connectivity index (χ0v) is 16.6. The Balaban J connectivity index is 1.35. The number of ether oxygens (including phenoxy) is 2. The Morgan fingerprint density at radius 3 is 2.14 bits per heavy atom. The maximum atomic E-state index is 12.8. The average Bonchev–Trinajstić information content (AvgIpc) is 2.63. The Kier molecular flexibility index (Phi) is 6.25. The van der Waals surface area contributed by atoms with Crippen LogP contribution >= 0.6 is 0 Å². The number of nitrogens with one attached hydrogen (secondary N) is 2. The lowest BCUT2D eigenvalue weighted by molar-refractivity contribution is -0.154. The number of hydrogen-bond acceptors (Lipinski definition) is 6. The Labute approximate surface area is 165 Å². The topological polar surface area (TPSA) is 111 Å². The third-order valence-corrected chi connectivity index (χ3v) is 6.45. The van der Waals surface area contributed by atoms with Gasteiger partial charge in [-0.3, -0.25) is 19.7 Å². The van der Waals surface area contributed by atoms with Gasteiger partial charge < -0.3 is 14.8 Å². The minimum absolute atomic E-state index is 0.0942. The summed E-state index contributed by atoms with van der Waals surface area (Å²) < 4.78 is 9.31. The average molecular weight is 394 g/mol. The lowest BCUT2D eigenvalue weighted by Gasteiger charge is -2.55. The first-order chi connectivity index (χ1) is 13.3. The monoisotopic (exact) mass is 394 g/mol. The van der Waals surface area contributed by atoms with Crippen molar-refractivity contribution in [3.05, 3.63) is 0 Å². The lowest BCUT2D eigenvalue weighted by Crippen LogP contribution is -2.53. The summed E-state index contributed by atoms with van der Waals surface area (Å²) in [6.45, 7) is 1.80. The van der Waals surface area contributed by atoms with Crippen molar-refractivity contribution in [2.75, 3.05) is 13.7 Å². The second kappa shape index (κ2) is 8.49. The van der Waals surface area contributed by atoms with Crippen LogP contribution in [0.2, 0.25) is 0 Å². The third kappa shape index (κ3) is 4.64. The van der Waals surface area contributed by atoms with Crippen LogP contribution in [0.4, 0.5) is 4.79 Å². The fourth-order valence-electron chi connectivity index (χ4n) is 5.57. The van der Waals surface area contributed by atoms with E-state index in [9.17, 15) is 19.2 Å². The summed E-state index contributed by atoms with van der Waals surface area (Å²) in [6.07, 6.45) is 5.46. The smallest absolute Gasteiger partial charge is 0.413 e. The Morgan fingerprint density at radius 1 is 1.04 bits per heavy atom. The molecule has 0 aromatic carbocycles. The fourth-order valence-corrected chi connectivity index (χ4v) is 5.57. The van der Waals surface area contributed by atoms with Gasteiger partial charge in [0.05, 0.1) is 7.11 Å². The summed E-state index contributed by atoms with van der Waals surface area (Å²) in [5, 5.41) is 4.96. The van der Waals surface area contributed by atoms with E-state index in [1.54, 1.807) is 0 Å². The van der Waals surface area contributed by atoms with E-state index in [4.69, 9.17) is 4.74 Å². The van der Waals surface area contributed by atoms with Crippen molar-refractivity contribution in [3.63, 3.8) is 0 Å². The Hall–Kier alpha value is -2.12. The summed E-state index contributed by atoms with van der Waals surface area (Å²) in [5.41, 5.74) is -0.185. The molecule has 4 aliphatic carbocycles. The molecule has 28 heavy (non-hydrogen) atoms. The van der Waals surface area contributed by atoms with Crippen molar-refractivity contribution >= 4 is 23.9 Å². The molecule has 4 aliphatic rings. The number of carbonyl (C=O) groups is 4. The van der Waals surface area contributed by atoms with Crippen LogP contribution < -0.4 is 10.6 Å². The molecule has 4 rings (SSSR count). The first kappa shape index (κ1) is 20.6. The fraction of sp³-hybridized carbons (Fsp3) is 0.800. The van der Waals surface area contributed by atoms with Gasteiger partial charge in [0.1, 0.15) is 0 Å². The maximum absolute atomic E-state index is 12.8. The molecule has 3 amide bonds. The lowest BCUT2D eigenvalue weighted by atomic mass is 9.49. The molecule has 0 radical (unpaired) electrons. The Bertz CT molecular complexity index is 611. The molecule has 2 N–H and O–H groups in total. The molecular formula is C20H30N2O6. The molecule has 0 aromatic rings. The molecule has 4 bridgehead atoms. The van der Waals surface area contributed by atoms with E-state index in [0.29, 0.717) is 30.7 Å². The van der Waals surface area contributed by atoms with Crippen LogP contribution in [0.5, 0.6) is 0 Å². The largest absolute Gasteiger partial charge is 0.453 e. The highest BCUT2D eigenvalue weighted by Gasteiger charge is 2.54. The van der Waals surface area contributed by atoms with Gasteiger partial charge in [-0.15, -0.1) is 0 Å². The van der Waals surface area contributed by atoms with Crippen LogP contribution in [0.15, 0.2) is 0 Å². The zero-order chi connectivity index (χ0) is 20.3. The molecular weight excluding hydrogens is 364 g/mol. The molecule has 4 saturated carbocycles. The van der Waals surface area contributed by atoms with Gasteiger partial charge in [0.15, 0.2) is 6.10 Å². The minimum atomic E-state index is -1.09. The molecule has 8 nitrogen and oxygen atoms in total. The number of amides is 3. The minimum Gasteiger partial charge on any atom is -0.453 e. The predicted octanol–water partition coefficient (Wildman–Crippen LogP) is 1.91. The highest BCUT2D eigenvalue weighted by molar-refractivity contribution is 5.95. The van der Waals surface area contributed by atoms with Crippen LogP contribution in [-0.2, 0) is 23.9 Å². The van der Waals surface area contributed by atoms with Gasteiger partial charge in [-0.05, 0) is 69.6 Å². The number of alkyl carbamates (subject to hydrolysis) is 1. The molecule has 0 spiro atoms. The van der Waals surface area contributed by atoms with Gasteiger partial charge in [-0.2, -0.15) is 0 Å². The number of methoxy groups -OCH3 is 1. The molecule has 1 atom stereocenters. The standard InChI is InChI=1S/C20H30N2O6/c1-12(17(24)22-19(26)27-2)28-16(23)4-3-5-21-18(25)20-9-13-6-14(10-20)8-15(7-13)11-20/h12-15H,3-11H2,1-2H3,(H,21,25)(H,22,24,26)/t12-,13?,14?,15?,20?/m1/s1. The van der Waals surface area contributed by atoms with Gasteiger partial charge in [0, 0.05) is 18.4 Å². The number of esters is 1. The zero-order valence-electron chi connectivity index (χ0n) is 16.6. The molecule has 0 saturated heterocycles. The van der Waals surface area contributed by atoms with Crippen molar-refractivity contribution in [3.8, 4) is 0 Å². The van der Waals surface area contributed by atoms with Gasteiger partial charge in [0.2, 0.25) is 5.91 Å². The number of carbonyl (C=O) groups excluding carboxylic acids is 4. The van der Waals surface area contributed by atoms with E-state index in [-0.39, 0.29) is 17.7 Å². The van der Waals surface area contributed by atoms with E-state index >= 15 is 0 Å².